The lowest BCUT2D eigenvalue weighted by Crippen LogP contribution is -1.81. The van der Waals surface area contributed by atoms with Gasteiger partial charge in [0.15, 0.2) is 0 Å². The molecule has 0 aliphatic rings. The Labute approximate surface area is 49.1 Å². The molecule has 0 aliphatic heterocycles. The van der Waals surface area contributed by atoms with Gasteiger partial charge in [-0.1, -0.05) is 11.6 Å². The van der Waals surface area contributed by atoms with Crippen LogP contribution in [0.5, 0.6) is 0 Å². The van der Waals surface area contributed by atoms with Crippen molar-refractivity contribution in [2.45, 2.75) is 13.3 Å². The highest BCUT2D eigenvalue weighted by Crippen LogP contribution is 1.90. The number of rotatable bonds is 2. The molecular weight excluding hydrogens is 102 g/mol. The molecule has 1 N–H and O–H groups in total. The average molecular weight is 111 g/mol. The Balaban J connectivity index is 3.45. The predicted molar refractivity (Wildman–Crippen MR) is 31.1 cm³/mol. The van der Waals surface area contributed by atoms with Crippen LogP contribution in [0.1, 0.15) is 13.3 Å². The van der Waals surface area contributed by atoms with Crippen LogP contribution >= 0.6 is 0 Å². The summed E-state index contributed by atoms with van der Waals surface area (Å²) in [5, 5.41) is 16.4. The molecule has 0 fully saturated rings. The predicted octanol–water partition coefficient (Wildman–Crippen LogP) is 0.839. The molecule has 0 saturated heterocycles. The molecule has 0 aromatic carbocycles. The maximum absolute atomic E-state index is 8.38. The van der Waals surface area contributed by atoms with Crippen molar-refractivity contribution in [3.05, 3.63) is 11.6 Å². The van der Waals surface area contributed by atoms with E-state index in [1.165, 1.54) is 0 Å². The highest BCUT2D eigenvalue weighted by atomic mass is 16.3. The highest BCUT2D eigenvalue weighted by Gasteiger charge is 1.80. The van der Waals surface area contributed by atoms with E-state index in [-0.39, 0.29) is 6.61 Å². The minimum atomic E-state index is 0.0572. The molecule has 0 amide bonds. The van der Waals surface area contributed by atoms with Crippen LogP contribution in [-0.4, -0.2) is 11.7 Å². The fourth-order valence-electron chi connectivity index (χ4n) is 0.284. The number of aliphatic hydroxyl groups is 1. The Morgan fingerprint density at radius 2 is 2.50 bits per heavy atom. The summed E-state index contributed by atoms with van der Waals surface area (Å²) >= 11 is 0. The Morgan fingerprint density at radius 3 is 2.88 bits per heavy atom. The number of allylic oxidation sites excluding steroid dienone is 1. The third-order valence-corrected chi connectivity index (χ3v) is 0.791. The van der Waals surface area contributed by atoms with E-state index in [9.17, 15) is 0 Å². The van der Waals surface area contributed by atoms with Crippen LogP contribution in [0.15, 0.2) is 11.6 Å². The topological polar surface area (TPSA) is 44.0 Å². The molecule has 0 saturated carbocycles. The van der Waals surface area contributed by atoms with Gasteiger partial charge in [0, 0.05) is 0 Å². The third kappa shape index (κ3) is 3.38. The molecule has 0 spiro atoms. The summed E-state index contributed by atoms with van der Waals surface area (Å²) in [7, 11) is 0. The smallest absolute Gasteiger partial charge is 0.0663 e. The Kier molecular flexibility index (Phi) is 3.91. The summed E-state index contributed by atoms with van der Waals surface area (Å²) < 4.78 is 0. The third-order valence-electron chi connectivity index (χ3n) is 0.791. The van der Waals surface area contributed by atoms with Gasteiger partial charge in [-0.2, -0.15) is 5.26 Å². The van der Waals surface area contributed by atoms with Gasteiger partial charge in [-0.3, -0.25) is 0 Å². The first-order chi connectivity index (χ1) is 3.81. The van der Waals surface area contributed by atoms with Crippen molar-refractivity contribution in [1.82, 2.24) is 0 Å². The molecule has 8 heavy (non-hydrogen) atoms. The lowest BCUT2D eigenvalue weighted by atomic mass is 10.3. The van der Waals surface area contributed by atoms with Gasteiger partial charge in [-0.25, -0.2) is 0 Å². The zero-order valence-electron chi connectivity index (χ0n) is 4.89. The fraction of sp³-hybridized carbons (Fsp3) is 0.500. The minimum absolute atomic E-state index is 0.0572. The van der Waals surface area contributed by atoms with E-state index < -0.39 is 0 Å². The summed E-state index contributed by atoms with van der Waals surface area (Å²) in [6.07, 6.45) is 2.10. The second kappa shape index (κ2) is 4.35. The zero-order chi connectivity index (χ0) is 6.41. The van der Waals surface area contributed by atoms with Crippen molar-refractivity contribution >= 4 is 0 Å². The molecule has 0 aliphatic carbocycles. The van der Waals surface area contributed by atoms with E-state index in [1.807, 2.05) is 6.07 Å². The van der Waals surface area contributed by atoms with E-state index in [1.54, 1.807) is 13.0 Å². The normalized spacial score (nSPS) is 10.9. The molecule has 0 heterocycles. The lowest BCUT2D eigenvalue weighted by molar-refractivity contribution is 0.331. The summed E-state index contributed by atoms with van der Waals surface area (Å²) in [5.74, 6) is 0. The first-order valence-electron chi connectivity index (χ1n) is 2.44. The number of hydrogen-bond donors (Lipinski definition) is 1. The summed E-state index contributed by atoms with van der Waals surface area (Å²) in [5.41, 5.74) is 0.853. The van der Waals surface area contributed by atoms with Crippen LogP contribution in [0.4, 0.5) is 0 Å². The van der Waals surface area contributed by atoms with Crippen molar-refractivity contribution in [2.75, 3.05) is 6.61 Å². The van der Waals surface area contributed by atoms with Gasteiger partial charge in [0.05, 0.1) is 19.1 Å². The van der Waals surface area contributed by atoms with Gasteiger partial charge in [0.25, 0.3) is 0 Å². The van der Waals surface area contributed by atoms with E-state index in [2.05, 4.69) is 0 Å². The summed E-state index contributed by atoms with van der Waals surface area (Å²) in [6, 6.07) is 1.95. The maximum Gasteiger partial charge on any atom is 0.0663 e. The van der Waals surface area contributed by atoms with Crippen LogP contribution < -0.4 is 0 Å². The van der Waals surface area contributed by atoms with Crippen LogP contribution in [0.3, 0.4) is 0 Å². The van der Waals surface area contributed by atoms with Crippen LogP contribution in [0.2, 0.25) is 0 Å². The van der Waals surface area contributed by atoms with Crippen molar-refractivity contribution in [1.29, 1.82) is 5.26 Å². The highest BCUT2D eigenvalue weighted by molar-refractivity contribution is 5.01. The van der Waals surface area contributed by atoms with Crippen molar-refractivity contribution in [2.24, 2.45) is 0 Å². The first-order valence-corrected chi connectivity index (χ1v) is 2.44. The second-order valence-electron chi connectivity index (χ2n) is 1.57. The van der Waals surface area contributed by atoms with Crippen LogP contribution in [0, 0.1) is 11.3 Å². The van der Waals surface area contributed by atoms with Crippen molar-refractivity contribution in [3.8, 4) is 6.07 Å². The van der Waals surface area contributed by atoms with Gasteiger partial charge in [-0.05, 0) is 6.92 Å². The molecule has 0 bridgehead atoms. The zero-order valence-corrected chi connectivity index (χ0v) is 4.89. The molecular formula is C6H9NO. The number of nitrogens with zero attached hydrogens (tertiary/aromatic N) is 1. The molecule has 2 nitrogen and oxygen atoms in total. The number of nitriles is 1. The SMILES string of the molecule is CC(=CCC#N)CO. The Morgan fingerprint density at radius 1 is 1.88 bits per heavy atom. The quantitative estimate of drug-likeness (QED) is 0.536. The first kappa shape index (κ1) is 7.19. The minimum Gasteiger partial charge on any atom is -0.392 e. The van der Waals surface area contributed by atoms with E-state index >= 15 is 0 Å². The molecule has 0 atom stereocenters. The van der Waals surface area contributed by atoms with Gasteiger partial charge in [0.1, 0.15) is 0 Å². The number of hydrogen-bond acceptors (Lipinski definition) is 2. The maximum atomic E-state index is 8.38. The lowest BCUT2D eigenvalue weighted by Gasteiger charge is -1.87. The molecule has 0 unspecified atom stereocenters. The van der Waals surface area contributed by atoms with E-state index in [4.69, 9.17) is 10.4 Å². The molecule has 0 radical (unpaired) electrons. The summed E-state index contributed by atoms with van der Waals surface area (Å²) in [6.45, 7) is 1.85. The largest absolute Gasteiger partial charge is 0.392 e. The standard InChI is InChI=1S/C6H9NO/c1-6(5-8)3-2-4-7/h3,8H,2,5H2,1H3. The van der Waals surface area contributed by atoms with Gasteiger partial charge >= 0.3 is 0 Å². The van der Waals surface area contributed by atoms with E-state index in [0.717, 1.165) is 5.57 Å². The molecule has 2 heteroatoms. The van der Waals surface area contributed by atoms with E-state index in [0.29, 0.717) is 6.42 Å². The molecule has 0 aromatic rings. The van der Waals surface area contributed by atoms with Gasteiger partial charge in [-0.15, -0.1) is 0 Å². The monoisotopic (exact) mass is 111 g/mol. The number of aliphatic hydroxyl groups excluding tert-OH is 1. The average Bonchev–Trinajstić information content (AvgIpc) is 1.83. The fourth-order valence-corrected chi connectivity index (χ4v) is 0.284. The summed E-state index contributed by atoms with van der Waals surface area (Å²) in [4.78, 5) is 0. The molecule has 0 rings (SSSR count). The Bertz CT molecular complexity index is 121. The van der Waals surface area contributed by atoms with Crippen molar-refractivity contribution in [3.63, 3.8) is 0 Å². The van der Waals surface area contributed by atoms with Crippen molar-refractivity contribution < 1.29 is 5.11 Å². The Hall–Kier alpha value is -0.810. The van der Waals surface area contributed by atoms with Gasteiger partial charge in [0.2, 0.25) is 0 Å². The molecule has 44 valence electrons. The van der Waals surface area contributed by atoms with Gasteiger partial charge < -0.3 is 5.11 Å². The second-order valence-corrected chi connectivity index (χ2v) is 1.57. The molecule has 0 aromatic heterocycles. The van der Waals surface area contributed by atoms with Crippen LogP contribution in [-0.2, 0) is 0 Å². The van der Waals surface area contributed by atoms with Crippen LogP contribution in [0.25, 0.3) is 0 Å².